The summed E-state index contributed by atoms with van der Waals surface area (Å²) in [5, 5.41) is 5.59. The fraction of sp³-hybridized carbons (Fsp3) is 0.250. The number of nitrogens with zero attached hydrogens (tertiary/aromatic N) is 1. The molecule has 2 aromatic carbocycles. The lowest BCUT2D eigenvalue weighted by Gasteiger charge is -2.18. The largest absolute Gasteiger partial charge is 0.326 e. The zero-order valence-electron chi connectivity index (χ0n) is 15.1. The maximum absolute atomic E-state index is 12.6. The van der Waals surface area contributed by atoms with E-state index in [0.717, 1.165) is 10.0 Å². The number of hydrogen-bond donors (Lipinski definition) is 2. The van der Waals surface area contributed by atoms with Crippen LogP contribution in [-0.2, 0) is 14.4 Å². The summed E-state index contributed by atoms with van der Waals surface area (Å²) in [5.74, 6) is -0.888. The fourth-order valence-electron chi connectivity index (χ4n) is 3.05. The molecule has 0 saturated carbocycles. The molecular formula is C20H20BrN3O3. The van der Waals surface area contributed by atoms with Gasteiger partial charge in [-0.2, -0.15) is 0 Å². The third kappa shape index (κ3) is 4.54. The Balaban J connectivity index is 1.70. The summed E-state index contributed by atoms with van der Waals surface area (Å²) in [6, 6.07) is 12.6. The summed E-state index contributed by atoms with van der Waals surface area (Å²) in [7, 11) is 0. The van der Waals surface area contributed by atoms with Crippen molar-refractivity contribution in [3.63, 3.8) is 0 Å². The number of aryl methyl sites for hydroxylation is 1. The van der Waals surface area contributed by atoms with Gasteiger partial charge in [-0.15, -0.1) is 0 Å². The van der Waals surface area contributed by atoms with E-state index in [2.05, 4.69) is 26.6 Å². The van der Waals surface area contributed by atoms with Gasteiger partial charge >= 0.3 is 0 Å². The Morgan fingerprint density at radius 1 is 1.11 bits per heavy atom. The summed E-state index contributed by atoms with van der Waals surface area (Å²) in [4.78, 5) is 37.8. The van der Waals surface area contributed by atoms with Crippen LogP contribution in [-0.4, -0.2) is 24.3 Å². The van der Waals surface area contributed by atoms with Gasteiger partial charge in [0.1, 0.15) is 0 Å². The zero-order valence-corrected chi connectivity index (χ0v) is 16.7. The molecule has 27 heavy (non-hydrogen) atoms. The Hall–Kier alpha value is -2.67. The van der Waals surface area contributed by atoms with Crippen molar-refractivity contribution in [1.29, 1.82) is 0 Å². The Labute approximate surface area is 166 Å². The quantitative estimate of drug-likeness (QED) is 0.777. The lowest BCUT2D eigenvalue weighted by Crippen LogP contribution is -2.28. The fourth-order valence-corrected chi connectivity index (χ4v) is 3.30. The first-order valence-electron chi connectivity index (χ1n) is 8.58. The highest BCUT2D eigenvalue weighted by molar-refractivity contribution is 9.10. The molecule has 1 heterocycles. The molecule has 2 aromatic rings. The van der Waals surface area contributed by atoms with Gasteiger partial charge in [0.05, 0.1) is 5.92 Å². The first-order chi connectivity index (χ1) is 12.8. The van der Waals surface area contributed by atoms with Crippen LogP contribution in [0.4, 0.5) is 17.1 Å². The van der Waals surface area contributed by atoms with E-state index in [9.17, 15) is 14.4 Å². The SMILES string of the molecule is CC(=O)Nc1cccc(N2C[C@@H](C(=O)Nc3ccc(Br)c(C)c3)CC2=O)c1. The topological polar surface area (TPSA) is 78.5 Å². The third-order valence-electron chi connectivity index (χ3n) is 4.40. The van der Waals surface area contributed by atoms with Gasteiger partial charge in [-0.1, -0.05) is 22.0 Å². The standard InChI is InChI=1S/C20H20BrN3O3/c1-12-8-16(6-7-18(12)21)23-20(27)14-9-19(26)24(11-14)17-5-3-4-15(10-17)22-13(2)25/h3-8,10,14H,9,11H2,1-2H3,(H,22,25)(H,23,27)/t14-/m0/s1. The molecule has 0 aliphatic carbocycles. The minimum Gasteiger partial charge on any atom is -0.326 e. The molecule has 0 bridgehead atoms. The molecule has 1 aliphatic rings. The second kappa shape index (κ2) is 7.92. The van der Waals surface area contributed by atoms with Gasteiger partial charge in [0, 0.05) is 41.4 Å². The Morgan fingerprint density at radius 3 is 2.56 bits per heavy atom. The molecule has 0 aromatic heterocycles. The van der Waals surface area contributed by atoms with Gasteiger partial charge in [-0.25, -0.2) is 0 Å². The van der Waals surface area contributed by atoms with Crippen molar-refractivity contribution < 1.29 is 14.4 Å². The number of carbonyl (C=O) groups is 3. The molecule has 1 atom stereocenters. The Bertz CT molecular complexity index is 913. The minimum absolute atomic E-state index is 0.109. The first-order valence-corrected chi connectivity index (χ1v) is 9.38. The summed E-state index contributed by atoms with van der Waals surface area (Å²) < 4.78 is 0.974. The first kappa shape index (κ1) is 19.1. The van der Waals surface area contributed by atoms with E-state index in [1.807, 2.05) is 25.1 Å². The van der Waals surface area contributed by atoms with Crippen LogP contribution in [0.2, 0.25) is 0 Å². The van der Waals surface area contributed by atoms with Crippen LogP contribution >= 0.6 is 15.9 Å². The van der Waals surface area contributed by atoms with Crippen LogP contribution in [0, 0.1) is 12.8 Å². The second-order valence-corrected chi connectivity index (χ2v) is 7.44. The summed E-state index contributed by atoms with van der Waals surface area (Å²) in [6.07, 6.45) is 0.158. The van der Waals surface area contributed by atoms with E-state index in [1.165, 1.54) is 6.92 Å². The molecule has 0 radical (unpaired) electrons. The number of rotatable bonds is 4. The summed E-state index contributed by atoms with van der Waals surface area (Å²) in [6.45, 7) is 3.68. The molecule has 1 aliphatic heterocycles. The number of hydrogen-bond acceptors (Lipinski definition) is 3. The van der Waals surface area contributed by atoms with Crippen molar-refractivity contribution in [3.8, 4) is 0 Å². The van der Waals surface area contributed by atoms with Gasteiger partial charge in [0.2, 0.25) is 17.7 Å². The van der Waals surface area contributed by atoms with Gasteiger partial charge in [0.15, 0.2) is 0 Å². The van der Waals surface area contributed by atoms with Crippen LogP contribution in [0.15, 0.2) is 46.9 Å². The molecule has 7 heteroatoms. The van der Waals surface area contributed by atoms with E-state index in [0.29, 0.717) is 23.6 Å². The highest BCUT2D eigenvalue weighted by atomic mass is 79.9. The monoisotopic (exact) mass is 429 g/mol. The predicted octanol–water partition coefficient (Wildman–Crippen LogP) is 3.71. The predicted molar refractivity (Wildman–Crippen MR) is 109 cm³/mol. The lowest BCUT2D eigenvalue weighted by atomic mass is 10.1. The maximum atomic E-state index is 12.6. The molecule has 2 N–H and O–H groups in total. The molecule has 0 spiro atoms. The van der Waals surface area contributed by atoms with Crippen LogP contribution in [0.25, 0.3) is 0 Å². The molecule has 3 rings (SSSR count). The van der Waals surface area contributed by atoms with Crippen molar-refractivity contribution in [2.24, 2.45) is 5.92 Å². The van der Waals surface area contributed by atoms with Gasteiger partial charge in [-0.05, 0) is 48.9 Å². The van der Waals surface area contributed by atoms with E-state index in [-0.39, 0.29) is 24.1 Å². The van der Waals surface area contributed by atoms with Crippen LogP contribution in [0.1, 0.15) is 18.9 Å². The number of anilines is 3. The Kier molecular flexibility index (Phi) is 5.60. The number of amides is 3. The number of carbonyl (C=O) groups excluding carboxylic acids is 3. The maximum Gasteiger partial charge on any atom is 0.229 e. The van der Waals surface area contributed by atoms with Crippen molar-refractivity contribution in [2.75, 3.05) is 22.1 Å². The van der Waals surface area contributed by atoms with Gasteiger partial charge < -0.3 is 15.5 Å². The van der Waals surface area contributed by atoms with Gasteiger partial charge in [-0.3, -0.25) is 14.4 Å². The molecule has 3 amide bonds. The summed E-state index contributed by atoms with van der Waals surface area (Å²) in [5.41, 5.74) is 3.01. The minimum atomic E-state index is -0.425. The van der Waals surface area contributed by atoms with Gasteiger partial charge in [0.25, 0.3) is 0 Å². The molecule has 1 saturated heterocycles. The normalized spacial score (nSPS) is 16.3. The van der Waals surface area contributed by atoms with Crippen LogP contribution in [0.5, 0.6) is 0 Å². The van der Waals surface area contributed by atoms with E-state index >= 15 is 0 Å². The molecular weight excluding hydrogens is 410 g/mol. The van der Waals surface area contributed by atoms with E-state index < -0.39 is 5.92 Å². The number of nitrogens with one attached hydrogen (secondary N) is 2. The van der Waals surface area contributed by atoms with Crippen molar-refractivity contribution in [1.82, 2.24) is 0 Å². The van der Waals surface area contributed by atoms with E-state index in [4.69, 9.17) is 0 Å². The smallest absolute Gasteiger partial charge is 0.229 e. The van der Waals surface area contributed by atoms with Crippen molar-refractivity contribution in [3.05, 3.63) is 52.5 Å². The van der Waals surface area contributed by atoms with Crippen LogP contribution in [0.3, 0.4) is 0 Å². The van der Waals surface area contributed by atoms with Crippen LogP contribution < -0.4 is 15.5 Å². The van der Waals surface area contributed by atoms with E-state index in [1.54, 1.807) is 29.2 Å². The average molecular weight is 430 g/mol. The molecule has 6 nitrogen and oxygen atoms in total. The summed E-state index contributed by atoms with van der Waals surface area (Å²) >= 11 is 3.43. The zero-order chi connectivity index (χ0) is 19.6. The molecule has 1 fully saturated rings. The van der Waals surface area contributed by atoms with Crippen molar-refractivity contribution >= 4 is 50.7 Å². The third-order valence-corrected chi connectivity index (χ3v) is 5.29. The highest BCUT2D eigenvalue weighted by Gasteiger charge is 2.35. The number of benzene rings is 2. The Morgan fingerprint density at radius 2 is 1.85 bits per heavy atom. The lowest BCUT2D eigenvalue weighted by molar-refractivity contribution is -0.122. The highest BCUT2D eigenvalue weighted by Crippen LogP contribution is 2.28. The van der Waals surface area contributed by atoms with Crippen molar-refractivity contribution in [2.45, 2.75) is 20.3 Å². The average Bonchev–Trinajstić information content (AvgIpc) is 3.00. The second-order valence-electron chi connectivity index (χ2n) is 6.59. The molecule has 0 unspecified atom stereocenters. The number of halogens is 1. The molecule has 140 valence electrons.